The van der Waals surface area contributed by atoms with Crippen LogP contribution in [0.25, 0.3) is 11.5 Å². The molecule has 1 unspecified atom stereocenters. The third-order valence-electron chi connectivity index (χ3n) is 4.12. The highest BCUT2D eigenvalue weighted by Gasteiger charge is 2.16. The average Bonchev–Trinajstić information content (AvgIpc) is 3.20. The second-order valence-corrected chi connectivity index (χ2v) is 6.00. The molecule has 7 nitrogen and oxygen atoms in total. The van der Waals surface area contributed by atoms with Crippen LogP contribution in [0.4, 0.5) is 0 Å². The highest BCUT2D eigenvalue weighted by Crippen LogP contribution is 2.29. The lowest BCUT2D eigenvalue weighted by atomic mass is 10.2. The summed E-state index contributed by atoms with van der Waals surface area (Å²) in [5.41, 5.74) is 2.55. The predicted octanol–water partition coefficient (Wildman–Crippen LogP) is 3.07. The van der Waals surface area contributed by atoms with Crippen molar-refractivity contribution >= 4 is 0 Å². The molecule has 0 saturated carbocycles. The second-order valence-electron chi connectivity index (χ2n) is 6.00. The van der Waals surface area contributed by atoms with Gasteiger partial charge in [-0.25, -0.2) is 0 Å². The van der Waals surface area contributed by atoms with E-state index in [1.807, 2.05) is 45.2 Å². The van der Waals surface area contributed by atoms with Crippen molar-refractivity contribution in [1.29, 1.82) is 0 Å². The van der Waals surface area contributed by atoms with Crippen molar-refractivity contribution in [3.63, 3.8) is 0 Å². The lowest BCUT2D eigenvalue weighted by molar-refractivity contribution is 0.301. The molecule has 132 valence electrons. The third-order valence-corrected chi connectivity index (χ3v) is 4.12. The molecule has 0 spiro atoms. The van der Waals surface area contributed by atoms with E-state index in [-0.39, 0.29) is 6.04 Å². The molecule has 0 radical (unpaired) electrons. The average molecular weight is 342 g/mol. The largest absolute Gasteiger partial charge is 0.488 e. The van der Waals surface area contributed by atoms with Crippen LogP contribution >= 0.6 is 0 Å². The molecule has 0 fully saturated rings. The standard InChI is InChI=1S/C18H22N4O3/c1-11(19-4)9-17-20-18(25-22-17)14-7-5-6-8-16(14)23-10-15-12(2)21-24-13(15)3/h5-8,11,19H,9-10H2,1-4H3. The Labute approximate surface area is 146 Å². The topological polar surface area (TPSA) is 86.2 Å². The number of para-hydroxylation sites is 1. The van der Waals surface area contributed by atoms with Gasteiger partial charge in [-0.05, 0) is 40.0 Å². The molecule has 0 aliphatic heterocycles. The highest BCUT2D eigenvalue weighted by atomic mass is 16.5. The van der Waals surface area contributed by atoms with Crippen molar-refractivity contribution < 1.29 is 13.8 Å². The number of benzene rings is 1. The van der Waals surface area contributed by atoms with Crippen molar-refractivity contribution in [3.8, 4) is 17.2 Å². The van der Waals surface area contributed by atoms with Crippen LogP contribution < -0.4 is 10.1 Å². The first-order valence-electron chi connectivity index (χ1n) is 8.22. The molecule has 1 aromatic carbocycles. The van der Waals surface area contributed by atoms with Gasteiger partial charge >= 0.3 is 0 Å². The summed E-state index contributed by atoms with van der Waals surface area (Å²) in [5.74, 6) is 2.56. The molecule has 2 heterocycles. The molecule has 25 heavy (non-hydrogen) atoms. The number of aryl methyl sites for hydroxylation is 2. The minimum Gasteiger partial charge on any atom is -0.488 e. The van der Waals surface area contributed by atoms with Crippen LogP contribution in [-0.2, 0) is 13.0 Å². The van der Waals surface area contributed by atoms with Gasteiger partial charge < -0.3 is 19.1 Å². The van der Waals surface area contributed by atoms with Gasteiger partial charge in [0.25, 0.3) is 5.89 Å². The van der Waals surface area contributed by atoms with E-state index in [0.29, 0.717) is 30.5 Å². The Hall–Kier alpha value is -2.67. The third kappa shape index (κ3) is 3.88. The van der Waals surface area contributed by atoms with Gasteiger partial charge in [0.15, 0.2) is 5.82 Å². The summed E-state index contributed by atoms with van der Waals surface area (Å²) in [6.45, 7) is 6.21. The van der Waals surface area contributed by atoms with Gasteiger partial charge in [-0.1, -0.05) is 22.4 Å². The molecule has 2 aromatic heterocycles. The number of aromatic nitrogens is 3. The fourth-order valence-corrected chi connectivity index (χ4v) is 2.45. The van der Waals surface area contributed by atoms with Crippen molar-refractivity contribution in [2.45, 2.75) is 39.8 Å². The van der Waals surface area contributed by atoms with Crippen LogP contribution in [0.5, 0.6) is 5.75 Å². The van der Waals surface area contributed by atoms with Gasteiger partial charge in [-0.15, -0.1) is 0 Å². The number of likely N-dealkylation sites (N-methyl/N-ethyl adjacent to an activating group) is 1. The molecule has 0 saturated heterocycles. The van der Waals surface area contributed by atoms with Crippen LogP contribution in [0, 0.1) is 13.8 Å². The number of rotatable bonds is 7. The Morgan fingerprint density at radius 3 is 2.68 bits per heavy atom. The molecule has 0 amide bonds. The number of hydrogen-bond acceptors (Lipinski definition) is 7. The number of nitrogens with one attached hydrogen (secondary N) is 1. The second kappa shape index (κ2) is 7.48. The zero-order valence-corrected chi connectivity index (χ0v) is 14.9. The van der Waals surface area contributed by atoms with Crippen LogP contribution in [0.15, 0.2) is 33.3 Å². The summed E-state index contributed by atoms with van der Waals surface area (Å²) in [6.07, 6.45) is 0.697. The number of hydrogen-bond donors (Lipinski definition) is 1. The van der Waals surface area contributed by atoms with Gasteiger partial charge in [0.2, 0.25) is 0 Å². The van der Waals surface area contributed by atoms with E-state index in [4.69, 9.17) is 13.8 Å². The number of nitrogens with zero attached hydrogens (tertiary/aromatic N) is 3. The Morgan fingerprint density at radius 2 is 1.96 bits per heavy atom. The Bertz CT molecular complexity index is 821. The zero-order valence-electron chi connectivity index (χ0n) is 14.9. The molecule has 1 N–H and O–H groups in total. The Kier molecular flexibility index (Phi) is 5.14. The molecule has 1 atom stereocenters. The van der Waals surface area contributed by atoms with E-state index in [0.717, 1.165) is 22.6 Å². The summed E-state index contributed by atoms with van der Waals surface area (Å²) < 4.78 is 16.6. The summed E-state index contributed by atoms with van der Waals surface area (Å²) in [7, 11) is 1.91. The van der Waals surface area contributed by atoms with E-state index in [9.17, 15) is 0 Å². The molecule has 0 aliphatic carbocycles. The normalized spacial score (nSPS) is 12.3. The molecule has 3 aromatic rings. The van der Waals surface area contributed by atoms with E-state index in [2.05, 4.69) is 27.5 Å². The Balaban J connectivity index is 1.79. The minimum atomic E-state index is 0.275. The maximum absolute atomic E-state index is 5.97. The zero-order chi connectivity index (χ0) is 17.8. The molecule has 3 rings (SSSR count). The van der Waals surface area contributed by atoms with Gasteiger partial charge in [0.1, 0.15) is 18.1 Å². The van der Waals surface area contributed by atoms with E-state index in [1.54, 1.807) is 0 Å². The van der Waals surface area contributed by atoms with Crippen molar-refractivity contribution in [2.75, 3.05) is 7.05 Å². The van der Waals surface area contributed by atoms with Crippen LogP contribution in [0.2, 0.25) is 0 Å². The predicted molar refractivity (Wildman–Crippen MR) is 92.3 cm³/mol. The molecular weight excluding hydrogens is 320 g/mol. The fraction of sp³-hybridized carbons (Fsp3) is 0.389. The maximum Gasteiger partial charge on any atom is 0.261 e. The lowest BCUT2D eigenvalue weighted by Gasteiger charge is -2.08. The fourth-order valence-electron chi connectivity index (χ4n) is 2.45. The number of ether oxygens (including phenoxy) is 1. The van der Waals surface area contributed by atoms with Crippen LogP contribution in [0.1, 0.15) is 29.8 Å². The molecule has 0 aliphatic rings. The summed E-state index contributed by atoms with van der Waals surface area (Å²) in [4.78, 5) is 4.48. The SMILES string of the molecule is CNC(C)Cc1noc(-c2ccccc2OCc2c(C)noc2C)n1. The first-order chi connectivity index (χ1) is 12.1. The maximum atomic E-state index is 5.97. The molecular formula is C18H22N4O3. The quantitative estimate of drug-likeness (QED) is 0.706. The summed E-state index contributed by atoms with van der Waals surface area (Å²) >= 11 is 0. The monoisotopic (exact) mass is 342 g/mol. The first kappa shape index (κ1) is 17.2. The van der Waals surface area contributed by atoms with E-state index < -0.39 is 0 Å². The minimum absolute atomic E-state index is 0.275. The summed E-state index contributed by atoms with van der Waals surface area (Å²) in [6, 6.07) is 7.89. The van der Waals surface area contributed by atoms with Crippen molar-refractivity contribution in [3.05, 3.63) is 47.1 Å². The van der Waals surface area contributed by atoms with E-state index >= 15 is 0 Å². The van der Waals surface area contributed by atoms with Crippen LogP contribution in [0.3, 0.4) is 0 Å². The molecule has 0 bridgehead atoms. The molecule has 7 heteroatoms. The van der Waals surface area contributed by atoms with Crippen molar-refractivity contribution in [2.24, 2.45) is 0 Å². The highest BCUT2D eigenvalue weighted by molar-refractivity contribution is 5.62. The smallest absolute Gasteiger partial charge is 0.261 e. The van der Waals surface area contributed by atoms with Gasteiger partial charge in [0.05, 0.1) is 16.8 Å². The summed E-state index contributed by atoms with van der Waals surface area (Å²) in [5, 5.41) is 11.2. The van der Waals surface area contributed by atoms with Crippen molar-refractivity contribution in [1.82, 2.24) is 20.6 Å². The van der Waals surface area contributed by atoms with Gasteiger partial charge in [-0.3, -0.25) is 0 Å². The van der Waals surface area contributed by atoms with Gasteiger partial charge in [-0.2, -0.15) is 4.98 Å². The van der Waals surface area contributed by atoms with Crippen LogP contribution in [-0.4, -0.2) is 28.4 Å². The first-order valence-corrected chi connectivity index (χ1v) is 8.22. The van der Waals surface area contributed by atoms with Gasteiger partial charge in [0, 0.05) is 12.5 Å². The Morgan fingerprint density at radius 1 is 1.16 bits per heavy atom. The van der Waals surface area contributed by atoms with E-state index in [1.165, 1.54) is 0 Å². The lowest BCUT2D eigenvalue weighted by Crippen LogP contribution is -2.24.